The predicted molar refractivity (Wildman–Crippen MR) is 61.2 cm³/mol. The Labute approximate surface area is 101 Å². The quantitative estimate of drug-likeness (QED) is 0.927. The van der Waals surface area contributed by atoms with Crippen LogP contribution < -0.4 is 5.32 Å². The molecule has 0 bridgehead atoms. The first kappa shape index (κ1) is 13.1. The van der Waals surface area contributed by atoms with Gasteiger partial charge in [-0.05, 0) is 26.2 Å². The first-order chi connectivity index (χ1) is 7.40. The Bertz CT molecular complexity index is 387. The van der Waals surface area contributed by atoms with Crippen LogP contribution >= 0.6 is 15.9 Å². The summed E-state index contributed by atoms with van der Waals surface area (Å²) in [6.07, 6.45) is 0. The maximum absolute atomic E-state index is 13.3. The van der Waals surface area contributed by atoms with Crippen molar-refractivity contribution in [3.8, 4) is 0 Å². The van der Waals surface area contributed by atoms with Crippen LogP contribution in [0.2, 0.25) is 0 Å². The number of halogens is 3. The number of hydrogen-bond acceptors (Lipinski definition) is 2. The summed E-state index contributed by atoms with van der Waals surface area (Å²) in [7, 11) is 3.38. The number of carbonyl (C=O) groups is 1. The van der Waals surface area contributed by atoms with Gasteiger partial charge in [-0.1, -0.05) is 15.9 Å². The highest BCUT2D eigenvalue weighted by molar-refractivity contribution is 9.10. The van der Waals surface area contributed by atoms with Gasteiger partial charge in [0.1, 0.15) is 5.69 Å². The van der Waals surface area contributed by atoms with Crippen LogP contribution in [0.1, 0.15) is 0 Å². The minimum absolute atomic E-state index is 0.0644. The van der Waals surface area contributed by atoms with E-state index in [1.165, 1.54) is 0 Å². The van der Waals surface area contributed by atoms with Crippen molar-refractivity contribution in [2.75, 3.05) is 26.0 Å². The predicted octanol–water partition coefficient (Wildman–Crippen LogP) is 2.23. The van der Waals surface area contributed by atoms with Crippen LogP contribution in [0.4, 0.5) is 14.5 Å². The van der Waals surface area contributed by atoms with E-state index in [1.54, 1.807) is 19.0 Å². The Kier molecular flexibility index (Phi) is 4.37. The van der Waals surface area contributed by atoms with Gasteiger partial charge in [0.25, 0.3) is 0 Å². The van der Waals surface area contributed by atoms with Gasteiger partial charge >= 0.3 is 0 Å². The standard InChI is InChI=1S/C10H11BrF2N2O/c1-15(2)5-9(16)14-10-7(12)3-6(11)4-8(10)13/h3-4H,5H2,1-2H3,(H,14,16). The van der Waals surface area contributed by atoms with Crippen molar-refractivity contribution in [1.29, 1.82) is 0 Å². The van der Waals surface area contributed by atoms with E-state index in [0.29, 0.717) is 0 Å². The van der Waals surface area contributed by atoms with Crippen molar-refractivity contribution in [2.24, 2.45) is 0 Å². The second kappa shape index (κ2) is 5.36. The zero-order valence-electron chi connectivity index (χ0n) is 8.85. The molecule has 0 saturated heterocycles. The normalized spacial score (nSPS) is 10.6. The molecule has 0 saturated carbocycles. The molecular formula is C10H11BrF2N2O. The van der Waals surface area contributed by atoms with Gasteiger partial charge in [0, 0.05) is 4.47 Å². The van der Waals surface area contributed by atoms with E-state index in [1.807, 2.05) is 0 Å². The maximum atomic E-state index is 13.3. The summed E-state index contributed by atoms with van der Waals surface area (Å²) in [5.41, 5.74) is -0.421. The number of benzene rings is 1. The van der Waals surface area contributed by atoms with Crippen LogP contribution in [0.15, 0.2) is 16.6 Å². The lowest BCUT2D eigenvalue weighted by atomic mass is 10.3. The van der Waals surface area contributed by atoms with Crippen LogP contribution in [0, 0.1) is 11.6 Å². The fraction of sp³-hybridized carbons (Fsp3) is 0.300. The van der Waals surface area contributed by atoms with Crippen LogP contribution in [0.25, 0.3) is 0 Å². The summed E-state index contributed by atoms with van der Waals surface area (Å²) < 4.78 is 26.9. The summed E-state index contributed by atoms with van der Waals surface area (Å²) in [6, 6.07) is 2.18. The van der Waals surface area contributed by atoms with Gasteiger partial charge in [-0.25, -0.2) is 8.78 Å². The monoisotopic (exact) mass is 292 g/mol. The first-order valence-electron chi connectivity index (χ1n) is 4.49. The van der Waals surface area contributed by atoms with Crippen LogP contribution in [-0.4, -0.2) is 31.4 Å². The summed E-state index contributed by atoms with van der Waals surface area (Å²) in [4.78, 5) is 12.9. The number of nitrogens with one attached hydrogen (secondary N) is 1. The molecule has 0 spiro atoms. The average molecular weight is 293 g/mol. The zero-order valence-corrected chi connectivity index (χ0v) is 10.4. The summed E-state index contributed by atoms with van der Waals surface area (Å²) in [5, 5.41) is 2.19. The molecule has 0 atom stereocenters. The molecule has 0 aliphatic heterocycles. The molecule has 16 heavy (non-hydrogen) atoms. The van der Waals surface area contributed by atoms with E-state index in [-0.39, 0.29) is 11.0 Å². The zero-order chi connectivity index (χ0) is 12.3. The van der Waals surface area contributed by atoms with Gasteiger partial charge < -0.3 is 10.2 Å². The minimum atomic E-state index is -0.806. The molecule has 88 valence electrons. The third-order valence-electron chi connectivity index (χ3n) is 1.73. The molecule has 0 aliphatic carbocycles. The Morgan fingerprint density at radius 2 is 1.88 bits per heavy atom. The summed E-state index contributed by atoms with van der Waals surface area (Å²) in [5.74, 6) is -2.08. The molecule has 1 N–H and O–H groups in total. The highest BCUT2D eigenvalue weighted by atomic mass is 79.9. The Hall–Kier alpha value is -1.01. The van der Waals surface area contributed by atoms with Gasteiger partial charge in [0.15, 0.2) is 11.6 Å². The van der Waals surface area contributed by atoms with E-state index < -0.39 is 23.2 Å². The van der Waals surface area contributed by atoms with Crippen molar-refractivity contribution in [3.05, 3.63) is 28.2 Å². The van der Waals surface area contributed by atoms with E-state index in [0.717, 1.165) is 12.1 Å². The van der Waals surface area contributed by atoms with Gasteiger partial charge in [-0.15, -0.1) is 0 Å². The van der Waals surface area contributed by atoms with Crippen molar-refractivity contribution >= 4 is 27.5 Å². The number of amides is 1. The van der Waals surface area contributed by atoms with Gasteiger partial charge in [-0.2, -0.15) is 0 Å². The lowest BCUT2D eigenvalue weighted by molar-refractivity contribution is -0.116. The molecule has 0 heterocycles. The second-order valence-corrected chi connectivity index (χ2v) is 4.45. The number of anilines is 1. The molecule has 1 amide bonds. The SMILES string of the molecule is CN(C)CC(=O)Nc1c(F)cc(Br)cc1F. The molecule has 0 radical (unpaired) electrons. The number of likely N-dealkylation sites (N-methyl/N-ethyl adjacent to an activating group) is 1. The Morgan fingerprint density at radius 1 is 1.38 bits per heavy atom. The van der Waals surface area contributed by atoms with Gasteiger partial charge in [0.05, 0.1) is 6.54 Å². The number of hydrogen-bond donors (Lipinski definition) is 1. The van der Waals surface area contributed by atoms with Crippen molar-refractivity contribution in [3.63, 3.8) is 0 Å². The molecule has 3 nitrogen and oxygen atoms in total. The molecule has 1 rings (SSSR count). The van der Waals surface area contributed by atoms with Crippen molar-refractivity contribution < 1.29 is 13.6 Å². The number of carbonyl (C=O) groups excluding carboxylic acids is 1. The smallest absolute Gasteiger partial charge is 0.238 e. The van der Waals surface area contributed by atoms with Crippen molar-refractivity contribution in [1.82, 2.24) is 4.90 Å². The van der Waals surface area contributed by atoms with E-state index >= 15 is 0 Å². The van der Waals surface area contributed by atoms with E-state index in [2.05, 4.69) is 21.2 Å². The fourth-order valence-corrected chi connectivity index (χ4v) is 1.53. The second-order valence-electron chi connectivity index (χ2n) is 3.53. The fourth-order valence-electron chi connectivity index (χ4n) is 1.13. The molecule has 6 heteroatoms. The molecule has 0 aromatic heterocycles. The lowest BCUT2D eigenvalue weighted by Crippen LogP contribution is -2.27. The number of nitrogens with zero attached hydrogens (tertiary/aromatic N) is 1. The Balaban J connectivity index is 2.85. The lowest BCUT2D eigenvalue weighted by Gasteiger charge is -2.11. The first-order valence-corrected chi connectivity index (χ1v) is 5.28. The van der Waals surface area contributed by atoms with Crippen LogP contribution in [-0.2, 0) is 4.79 Å². The van der Waals surface area contributed by atoms with Crippen LogP contribution in [0.5, 0.6) is 0 Å². The minimum Gasteiger partial charge on any atom is -0.320 e. The van der Waals surface area contributed by atoms with Gasteiger partial charge in [0.2, 0.25) is 5.91 Å². The van der Waals surface area contributed by atoms with Crippen molar-refractivity contribution in [2.45, 2.75) is 0 Å². The van der Waals surface area contributed by atoms with Crippen LogP contribution in [0.3, 0.4) is 0 Å². The Morgan fingerprint density at radius 3 is 2.31 bits per heavy atom. The largest absolute Gasteiger partial charge is 0.320 e. The highest BCUT2D eigenvalue weighted by Gasteiger charge is 2.13. The average Bonchev–Trinajstić information content (AvgIpc) is 2.09. The molecule has 0 unspecified atom stereocenters. The van der Waals surface area contributed by atoms with E-state index in [4.69, 9.17) is 0 Å². The third kappa shape index (κ3) is 3.53. The number of rotatable bonds is 3. The molecule has 0 aliphatic rings. The molecular weight excluding hydrogens is 282 g/mol. The van der Waals surface area contributed by atoms with E-state index in [9.17, 15) is 13.6 Å². The molecule has 0 fully saturated rings. The van der Waals surface area contributed by atoms with Gasteiger partial charge in [-0.3, -0.25) is 4.79 Å². The topological polar surface area (TPSA) is 32.3 Å². The molecule has 1 aromatic rings. The highest BCUT2D eigenvalue weighted by Crippen LogP contribution is 2.23. The molecule has 1 aromatic carbocycles. The maximum Gasteiger partial charge on any atom is 0.238 e. The third-order valence-corrected chi connectivity index (χ3v) is 2.19. The summed E-state index contributed by atoms with van der Waals surface area (Å²) in [6.45, 7) is 0.0644. The summed E-state index contributed by atoms with van der Waals surface area (Å²) >= 11 is 2.95.